The van der Waals surface area contributed by atoms with Gasteiger partial charge in [0.2, 0.25) is 5.91 Å². The molecule has 1 aliphatic heterocycles. The van der Waals surface area contributed by atoms with Crippen molar-refractivity contribution in [1.82, 2.24) is 10.2 Å². The standard InChI is InChI=1S/C21H19N3O4S/c1-13(18-10-15-4-2-3-5-17(15)28-18)22-20(26)23-16-8-6-14(7-9-16)11-24-19(25)12-29-21(24)27/h2-10,13H,11-12H2,1H3,(H2,22,23,26). The molecule has 4 amide bonds. The molecule has 4 rings (SSSR count). The fourth-order valence-corrected chi connectivity index (χ4v) is 3.79. The smallest absolute Gasteiger partial charge is 0.319 e. The maximum atomic E-state index is 12.3. The highest BCUT2D eigenvalue weighted by Crippen LogP contribution is 2.24. The summed E-state index contributed by atoms with van der Waals surface area (Å²) in [6.07, 6.45) is 0. The summed E-state index contributed by atoms with van der Waals surface area (Å²) >= 11 is 1.01. The van der Waals surface area contributed by atoms with Crippen LogP contribution in [0.2, 0.25) is 0 Å². The fraction of sp³-hybridized carbons (Fsp3) is 0.190. The van der Waals surface area contributed by atoms with E-state index in [1.54, 1.807) is 24.3 Å². The van der Waals surface area contributed by atoms with Crippen LogP contribution in [0, 0.1) is 0 Å². The number of furan rings is 1. The normalized spacial score (nSPS) is 15.0. The first kappa shape index (κ1) is 19.1. The molecule has 2 aromatic carbocycles. The molecule has 0 saturated carbocycles. The van der Waals surface area contributed by atoms with Gasteiger partial charge in [0.25, 0.3) is 5.24 Å². The predicted octanol–water partition coefficient (Wildman–Crippen LogP) is 4.51. The Morgan fingerprint density at radius 2 is 1.93 bits per heavy atom. The van der Waals surface area contributed by atoms with Crippen LogP contribution in [0.1, 0.15) is 24.3 Å². The molecule has 3 aromatic rings. The van der Waals surface area contributed by atoms with E-state index in [4.69, 9.17) is 4.42 Å². The summed E-state index contributed by atoms with van der Waals surface area (Å²) in [6.45, 7) is 2.09. The van der Waals surface area contributed by atoms with Crippen molar-refractivity contribution < 1.29 is 18.8 Å². The number of benzene rings is 2. The molecule has 0 spiro atoms. The third-order valence-corrected chi connectivity index (χ3v) is 5.47. The van der Waals surface area contributed by atoms with Crippen molar-refractivity contribution in [2.75, 3.05) is 11.1 Å². The van der Waals surface area contributed by atoms with Gasteiger partial charge < -0.3 is 15.1 Å². The minimum Gasteiger partial charge on any atom is -0.459 e. The van der Waals surface area contributed by atoms with Gasteiger partial charge in [-0.05, 0) is 36.8 Å². The van der Waals surface area contributed by atoms with Gasteiger partial charge in [-0.2, -0.15) is 0 Å². The summed E-state index contributed by atoms with van der Waals surface area (Å²) in [5, 5.41) is 6.38. The number of fused-ring (bicyclic) bond motifs is 1. The predicted molar refractivity (Wildman–Crippen MR) is 112 cm³/mol. The topological polar surface area (TPSA) is 91.7 Å². The number of hydrogen-bond donors (Lipinski definition) is 2. The van der Waals surface area contributed by atoms with Crippen molar-refractivity contribution in [1.29, 1.82) is 0 Å². The zero-order valence-corrected chi connectivity index (χ0v) is 16.5. The van der Waals surface area contributed by atoms with Crippen LogP contribution >= 0.6 is 11.8 Å². The molecule has 148 valence electrons. The summed E-state index contributed by atoms with van der Waals surface area (Å²) in [5.74, 6) is 0.692. The molecular formula is C21H19N3O4S. The van der Waals surface area contributed by atoms with Crippen molar-refractivity contribution in [3.05, 3.63) is 65.9 Å². The lowest BCUT2D eigenvalue weighted by atomic mass is 10.2. The van der Waals surface area contributed by atoms with Crippen LogP contribution < -0.4 is 10.6 Å². The van der Waals surface area contributed by atoms with E-state index >= 15 is 0 Å². The molecule has 0 bridgehead atoms. The molecule has 2 N–H and O–H groups in total. The van der Waals surface area contributed by atoms with Gasteiger partial charge in [-0.3, -0.25) is 14.5 Å². The molecule has 0 aliphatic carbocycles. The Labute approximate surface area is 171 Å². The van der Waals surface area contributed by atoms with Crippen molar-refractivity contribution >= 4 is 45.6 Å². The summed E-state index contributed by atoms with van der Waals surface area (Å²) in [5.41, 5.74) is 2.20. The van der Waals surface area contributed by atoms with Crippen LogP contribution in [-0.4, -0.2) is 27.8 Å². The van der Waals surface area contributed by atoms with Crippen LogP contribution in [0.5, 0.6) is 0 Å². The number of hydrogen-bond acceptors (Lipinski definition) is 5. The monoisotopic (exact) mass is 409 g/mol. The number of para-hydroxylation sites is 1. The number of carbonyl (C=O) groups excluding carboxylic acids is 3. The van der Waals surface area contributed by atoms with Gasteiger partial charge in [0.1, 0.15) is 11.3 Å². The first-order valence-electron chi connectivity index (χ1n) is 9.11. The van der Waals surface area contributed by atoms with Gasteiger partial charge in [0.05, 0.1) is 18.3 Å². The van der Waals surface area contributed by atoms with Gasteiger partial charge in [-0.15, -0.1) is 0 Å². The summed E-state index contributed by atoms with van der Waals surface area (Å²) in [7, 11) is 0. The van der Waals surface area contributed by atoms with E-state index in [-0.39, 0.29) is 35.5 Å². The molecular weight excluding hydrogens is 390 g/mol. The SMILES string of the molecule is CC(NC(=O)Nc1ccc(CN2C(=O)CSC2=O)cc1)c1cc2ccccc2o1. The molecule has 1 fully saturated rings. The fourth-order valence-electron chi connectivity index (χ4n) is 3.06. The first-order valence-corrected chi connectivity index (χ1v) is 10.1. The van der Waals surface area contributed by atoms with Gasteiger partial charge in [-0.1, -0.05) is 42.1 Å². The Morgan fingerprint density at radius 3 is 2.62 bits per heavy atom. The van der Waals surface area contributed by atoms with E-state index in [0.717, 1.165) is 28.3 Å². The molecule has 1 saturated heterocycles. The Hall–Kier alpha value is -3.26. The number of carbonyl (C=O) groups is 3. The summed E-state index contributed by atoms with van der Waals surface area (Å²) in [6, 6.07) is 16.0. The quantitative estimate of drug-likeness (QED) is 0.647. The van der Waals surface area contributed by atoms with Crippen LogP contribution in [0.15, 0.2) is 59.0 Å². The van der Waals surface area contributed by atoms with Crippen molar-refractivity contribution in [3.63, 3.8) is 0 Å². The minimum absolute atomic E-state index is 0.179. The zero-order chi connectivity index (χ0) is 20.4. The second kappa shape index (κ2) is 8.00. The van der Waals surface area contributed by atoms with E-state index in [9.17, 15) is 14.4 Å². The Bertz CT molecular complexity index is 1030. The van der Waals surface area contributed by atoms with Crippen molar-refractivity contribution in [2.45, 2.75) is 19.5 Å². The summed E-state index contributed by atoms with van der Waals surface area (Å²) in [4.78, 5) is 36.9. The molecule has 29 heavy (non-hydrogen) atoms. The molecule has 1 aliphatic rings. The van der Waals surface area contributed by atoms with E-state index in [1.165, 1.54) is 4.90 Å². The Balaban J connectivity index is 1.34. The van der Waals surface area contributed by atoms with E-state index < -0.39 is 0 Å². The van der Waals surface area contributed by atoms with Gasteiger partial charge in [0.15, 0.2) is 0 Å². The molecule has 0 radical (unpaired) electrons. The third kappa shape index (κ3) is 4.27. The zero-order valence-electron chi connectivity index (χ0n) is 15.7. The van der Waals surface area contributed by atoms with E-state index in [0.29, 0.717) is 11.4 Å². The van der Waals surface area contributed by atoms with Crippen molar-refractivity contribution in [3.8, 4) is 0 Å². The molecule has 7 nitrogen and oxygen atoms in total. The highest BCUT2D eigenvalue weighted by atomic mass is 32.2. The first-order chi connectivity index (χ1) is 14.0. The highest BCUT2D eigenvalue weighted by molar-refractivity contribution is 8.14. The number of thioether (sulfide) groups is 1. The van der Waals surface area contributed by atoms with Crippen LogP contribution in [0.25, 0.3) is 11.0 Å². The minimum atomic E-state index is -0.355. The van der Waals surface area contributed by atoms with Crippen LogP contribution in [-0.2, 0) is 11.3 Å². The number of nitrogens with zero attached hydrogens (tertiary/aromatic N) is 1. The second-order valence-corrected chi connectivity index (χ2v) is 7.66. The van der Waals surface area contributed by atoms with Crippen molar-refractivity contribution in [2.24, 2.45) is 0 Å². The van der Waals surface area contributed by atoms with E-state index in [1.807, 2.05) is 37.3 Å². The summed E-state index contributed by atoms with van der Waals surface area (Å²) < 4.78 is 5.77. The molecule has 1 unspecified atom stereocenters. The van der Waals surface area contributed by atoms with Crippen LogP contribution in [0.3, 0.4) is 0 Å². The van der Waals surface area contributed by atoms with Gasteiger partial charge in [0, 0.05) is 11.1 Å². The Kier molecular flexibility index (Phi) is 5.26. The number of amides is 4. The maximum Gasteiger partial charge on any atom is 0.319 e. The lowest BCUT2D eigenvalue weighted by Crippen LogP contribution is -2.31. The number of imide groups is 1. The molecule has 2 heterocycles. The lowest BCUT2D eigenvalue weighted by Gasteiger charge is -2.14. The largest absolute Gasteiger partial charge is 0.459 e. The van der Waals surface area contributed by atoms with Crippen LogP contribution in [0.4, 0.5) is 15.3 Å². The average Bonchev–Trinajstić information content (AvgIpc) is 3.28. The second-order valence-electron chi connectivity index (χ2n) is 6.74. The highest BCUT2D eigenvalue weighted by Gasteiger charge is 2.29. The molecule has 1 atom stereocenters. The van der Waals surface area contributed by atoms with Gasteiger partial charge in [-0.25, -0.2) is 4.79 Å². The lowest BCUT2D eigenvalue weighted by molar-refractivity contribution is -0.125. The molecule has 1 aromatic heterocycles. The van der Waals surface area contributed by atoms with Gasteiger partial charge >= 0.3 is 6.03 Å². The number of rotatable bonds is 5. The average molecular weight is 409 g/mol. The molecule has 8 heteroatoms. The van der Waals surface area contributed by atoms with E-state index in [2.05, 4.69) is 10.6 Å². The number of nitrogens with one attached hydrogen (secondary N) is 2. The number of urea groups is 1. The maximum absolute atomic E-state index is 12.3. The number of anilines is 1. The third-order valence-electron chi connectivity index (χ3n) is 4.61. The Morgan fingerprint density at radius 1 is 1.17 bits per heavy atom.